The Morgan fingerprint density at radius 1 is 1.44 bits per heavy atom. The molecule has 1 aliphatic heterocycles. The summed E-state index contributed by atoms with van der Waals surface area (Å²) in [5, 5.41) is 3.57. The van der Waals surface area contributed by atoms with E-state index in [0.717, 1.165) is 12.6 Å². The minimum atomic E-state index is 0.251. The molecule has 1 N–H and O–H groups in total. The maximum Gasteiger partial charge on any atom is 0.0194 e. The quantitative estimate of drug-likeness (QED) is 0.800. The fraction of sp³-hybridized carbons (Fsp3) is 1.00. The van der Waals surface area contributed by atoms with Crippen LogP contribution in [0.4, 0.5) is 0 Å². The predicted octanol–water partition coefficient (Wildman–Crippen LogP) is 2.59. The zero-order valence-corrected chi connectivity index (χ0v) is 12.4. The molecule has 2 atom stereocenters. The van der Waals surface area contributed by atoms with E-state index in [1.807, 2.05) is 0 Å². The molecule has 3 heteroatoms. The maximum atomic E-state index is 3.57. The largest absolute Gasteiger partial charge is 0.312 e. The average Bonchev–Trinajstić information content (AvgIpc) is 2.67. The highest BCUT2D eigenvalue weighted by atomic mass is 32.2. The van der Waals surface area contributed by atoms with Crippen molar-refractivity contribution >= 4 is 11.8 Å². The van der Waals surface area contributed by atoms with Crippen molar-refractivity contribution in [2.45, 2.75) is 58.2 Å². The van der Waals surface area contributed by atoms with Crippen molar-refractivity contribution in [2.24, 2.45) is 0 Å². The van der Waals surface area contributed by atoms with Gasteiger partial charge in [-0.1, -0.05) is 0 Å². The number of nitrogens with one attached hydrogen (secondary N) is 1. The zero-order valence-electron chi connectivity index (χ0n) is 11.5. The van der Waals surface area contributed by atoms with Gasteiger partial charge in [-0.3, -0.25) is 4.90 Å². The molecule has 0 bridgehead atoms. The van der Waals surface area contributed by atoms with Crippen LogP contribution < -0.4 is 5.32 Å². The second-order valence-corrected chi connectivity index (χ2v) is 7.15. The van der Waals surface area contributed by atoms with Gasteiger partial charge in [0.1, 0.15) is 0 Å². The summed E-state index contributed by atoms with van der Waals surface area (Å²) in [5.74, 6) is 2.68. The summed E-state index contributed by atoms with van der Waals surface area (Å²) in [4.78, 5) is 2.57. The Balaban J connectivity index is 2.20. The van der Waals surface area contributed by atoms with E-state index in [2.05, 4.69) is 56.7 Å². The van der Waals surface area contributed by atoms with Crippen molar-refractivity contribution in [3.05, 3.63) is 0 Å². The van der Waals surface area contributed by atoms with Crippen molar-refractivity contribution in [1.82, 2.24) is 10.2 Å². The van der Waals surface area contributed by atoms with Gasteiger partial charge in [-0.25, -0.2) is 0 Å². The summed E-state index contributed by atoms with van der Waals surface area (Å²) in [6.07, 6.45) is 2.62. The van der Waals surface area contributed by atoms with E-state index in [4.69, 9.17) is 0 Å². The van der Waals surface area contributed by atoms with Crippen LogP contribution in [0.25, 0.3) is 0 Å². The zero-order chi connectivity index (χ0) is 12.2. The molecule has 1 saturated heterocycles. The highest BCUT2D eigenvalue weighted by Crippen LogP contribution is 2.23. The summed E-state index contributed by atoms with van der Waals surface area (Å²) in [5.41, 5.74) is 0.251. The first-order valence-electron chi connectivity index (χ1n) is 6.45. The Kier molecular flexibility index (Phi) is 5.62. The molecule has 0 saturated carbocycles. The molecule has 16 heavy (non-hydrogen) atoms. The molecule has 1 heterocycles. The third kappa shape index (κ3) is 5.07. The van der Waals surface area contributed by atoms with Crippen LogP contribution in [0.1, 0.15) is 40.5 Å². The molecule has 2 unspecified atom stereocenters. The SMILES string of the molecule is CC(CCNC(C)(C)C)N(C)C1CCSC1. The number of hydrogen-bond acceptors (Lipinski definition) is 3. The van der Waals surface area contributed by atoms with Gasteiger partial charge in [0.2, 0.25) is 0 Å². The summed E-state index contributed by atoms with van der Waals surface area (Å²) < 4.78 is 0. The Morgan fingerprint density at radius 2 is 2.12 bits per heavy atom. The van der Waals surface area contributed by atoms with Crippen LogP contribution in [-0.2, 0) is 0 Å². The van der Waals surface area contributed by atoms with E-state index in [1.54, 1.807) is 0 Å². The molecule has 0 aromatic heterocycles. The topological polar surface area (TPSA) is 15.3 Å². The van der Waals surface area contributed by atoms with Crippen LogP contribution in [0.2, 0.25) is 0 Å². The molecular formula is C13H28N2S. The van der Waals surface area contributed by atoms with Gasteiger partial charge in [0.05, 0.1) is 0 Å². The first kappa shape index (κ1) is 14.3. The molecule has 0 spiro atoms. The Bertz CT molecular complexity index is 195. The summed E-state index contributed by atoms with van der Waals surface area (Å²) in [6, 6.07) is 1.51. The Hall–Kier alpha value is 0.270. The standard InChI is InChI=1S/C13H28N2S/c1-11(6-8-14-13(2,3)4)15(5)12-7-9-16-10-12/h11-12,14H,6-10H2,1-5H3. The Morgan fingerprint density at radius 3 is 2.62 bits per heavy atom. The van der Waals surface area contributed by atoms with Gasteiger partial charge in [0, 0.05) is 23.4 Å². The molecule has 0 aliphatic carbocycles. The molecule has 0 aromatic carbocycles. The molecule has 2 nitrogen and oxygen atoms in total. The third-order valence-electron chi connectivity index (χ3n) is 3.39. The minimum Gasteiger partial charge on any atom is -0.312 e. The fourth-order valence-corrected chi connectivity index (χ4v) is 3.34. The van der Waals surface area contributed by atoms with Crippen LogP contribution >= 0.6 is 11.8 Å². The lowest BCUT2D eigenvalue weighted by Crippen LogP contribution is -2.42. The third-order valence-corrected chi connectivity index (χ3v) is 4.54. The first-order chi connectivity index (χ1) is 7.40. The molecule has 96 valence electrons. The van der Waals surface area contributed by atoms with Crippen molar-refractivity contribution in [2.75, 3.05) is 25.1 Å². The Labute approximate surface area is 106 Å². The summed E-state index contributed by atoms with van der Waals surface area (Å²) in [7, 11) is 2.29. The van der Waals surface area contributed by atoms with Gasteiger partial charge >= 0.3 is 0 Å². The van der Waals surface area contributed by atoms with Crippen molar-refractivity contribution in [3.63, 3.8) is 0 Å². The fourth-order valence-electron chi connectivity index (χ4n) is 2.06. The van der Waals surface area contributed by atoms with Gasteiger partial charge in [-0.15, -0.1) is 0 Å². The second-order valence-electron chi connectivity index (χ2n) is 6.00. The van der Waals surface area contributed by atoms with E-state index >= 15 is 0 Å². The summed E-state index contributed by atoms with van der Waals surface area (Å²) in [6.45, 7) is 10.2. The van der Waals surface area contributed by atoms with E-state index in [0.29, 0.717) is 6.04 Å². The average molecular weight is 244 g/mol. The van der Waals surface area contributed by atoms with Crippen LogP contribution in [-0.4, -0.2) is 47.6 Å². The highest BCUT2D eigenvalue weighted by Gasteiger charge is 2.23. The van der Waals surface area contributed by atoms with Crippen molar-refractivity contribution in [3.8, 4) is 0 Å². The molecule has 0 aromatic rings. The number of hydrogen-bond donors (Lipinski definition) is 1. The van der Waals surface area contributed by atoms with Crippen LogP contribution in [0.3, 0.4) is 0 Å². The molecule has 1 fully saturated rings. The van der Waals surface area contributed by atoms with E-state index in [1.165, 1.54) is 24.3 Å². The van der Waals surface area contributed by atoms with Gasteiger partial charge in [0.25, 0.3) is 0 Å². The maximum absolute atomic E-state index is 3.57. The van der Waals surface area contributed by atoms with Crippen molar-refractivity contribution < 1.29 is 0 Å². The highest BCUT2D eigenvalue weighted by molar-refractivity contribution is 7.99. The smallest absolute Gasteiger partial charge is 0.0194 e. The minimum absolute atomic E-state index is 0.251. The number of nitrogens with zero attached hydrogens (tertiary/aromatic N) is 1. The normalized spacial score (nSPS) is 24.0. The van der Waals surface area contributed by atoms with Crippen LogP contribution in [0.5, 0.6) is 0 Å². The number of thioether (sulfide) groups is 1. The van der Waals surface area contributed by atoms with E-state index < -0.39 is 0 Å². The van der Waals surface area contributed by atoms with E-state index in [9.17, 15) is 0 Å². The van der Waals surface area contributed by atoms with Gasteiger partial charge in [-0.2, -0.15) is 11.8 Å². The lowest BCUT2D eigenvalue weighted by molar-refractivity contribution is 0.187. The lowest BCUT2D eigenvalue weighted by Gasteiger charge is -2.31. The molecule has 1 aliphatic rings. The van der Waals surface area contributed by atoms with Crippen LogP contribution in [0.15, 0.2) is 0 Å². The molecule has 1 rings (SSSR count). The molecule has 0 amide bonds. The molecule has 0 radical (unpaired) electrons. The van der Waals surface area contributed by atoms with Crippen molar-refractivity contribution in [1.29, 1.82) is 0 Å². The van der Waals surface area contributed by atoms with Gasteiger partial charge in [-0.05, 0) is 59.9 Å². The van der Waals surface area contributed by atoms with Gasteiger partial charge < -0.3 is 5.32 Å². The summed E-state index contributed by atoms with van der Waals surface area (Å²) >= 11 is 2.10. The number of rotatable bonds is 5. The monoisotopic (exact) mass is 244 g/mol. The lowest BCUT2D eigenvalue weighted by atomic mass is 10.1. The molecular weight excluding hydrogens is 216 g/mol. The van der Waals surface area contributed by atoms with E-state index in [-0.39, 0.29) is 5.54 Å². The van der Waals surface area contributed by atoms with Crippen LogP contribution in [0, 0.1) is 0 Å². The van der Waals surface area contributed by atoms with Gasteiger partial charge in [0.15, 0.2) is 0 Å². The second kappa shape index (κ2) is 6.27. The first-order valence-corrected chi connectivity index (χ1v) is 7.60. The predicted molar refractivity (Wildman–Crippen MR) is 75.3 cm³/mol.